The van der Waals surface area contributed by atoms with Gasteiger partial charge in [-0.05, 0) is 50.3 Å². The molecule has 1 aromatic rings. The SMILES string of the molecule is Cc1ccc(C)c(C(O)CCNC(CC(C)C)C(=O)O)c1. The average molecular weight is 293 g/mol. The summed E-state index contributed by atoms with van der Waals surface area (Å²) in [6.07, 6.45) is 0.534. The summed E-state index contributed by atoms with van der Waals surface area (Å²) in [7, 11) is 0. The maximum atomic E-state index is 11.2. The highest BCUT2D eigenvalue weighted by Crippen LogP contribution is 2.21. The van der Waals surface area contributed by atoms with Crippen LogP contribution in [0.4, 0.5) is 0 Å². The van der Waals surface area contributed by atoms with E-state index in [0.29, 0.717) is 25.3 Å². The smallest absolute Gasteiger partial charge is 0.320 e. The Bertz CT molecular complexity index is 471. The summed E-state index contributed by atoms with van der Waals surface area (Å²) in [4.78, 5) is 11.2. The Kier molecular flexibility index (Phi) is 6.85. The van der Waals surface area contributed by atoms with Gasteiger partial charge in [0, 0.05) is 0 Å². The molecule has 1 rings (SSSR count). The number of aryl methyl sites for hydroxylation is 2. The fourth-order valence-corrected chi connectivity index (χ4v) is 2.41. The van der Waals surface area contributed by atoms with Gasteiger partial charge in [0.1, 0.15) is 6.04 Å². The van der Waals surface area contributed by atoms with E-state index in [-0.39, 0.29) is 0 Å². The fourth-order valence-electron chi connectivity index (χ4n) is 2.41. The van der Waals surface area contributed by atoms with E-state index in [1.165, 1.54) is 0 Å². The number of carboxylic acids is 1. The van der Waals surface area contributed by atoms with Crippen molar-refractivity contribution < 1.29 is 15.0 Å². The Hall–Kier alpha value is -1.39. The highest BCUT2D eigenvalue weighted by atomic mass is 16.4. The molecule has 2 atom stereocenters. The summed E-state index contributed by atoms with van der Waals surface area (Å²) < 4.78 is 0. The van der Waals surface area contributed by atoms with E-state index in [2.05, 4.69) is 5.32 Å². The van der Waals surface area contributed by atoms with Crippen molar-refractivity contribution in [1.29, 1.82) is 0 Å². The van der Waals surface area contributed by atoms with Gasteiger partial charge >= 0.3 is 5.97 Å². The van der Waals surface area contributed by atoms with Crippen molar-refractivity contribution in [3.63, 3.8) is 0 Å². The molecule has 0 fully saturated rings. The molecule has 2 unspecified atom stereocenters. The van der Waals surface area contributed by atoms with Crippen LogP contribution in [-0.2, 0) is 4.79 Å². The molecule has 0 aliphatic heterocycles. The Balaban J connectivity index is 2.54. The first-order valence-corrected chi connectivity index (χ1v) is 7.52. The first kappa shape index (κ1) is 17.7. The van der Waals surface area contributed by atoms with Crippen LogP contribution in [-0.4, -0.2) is 28.8 Å². The summed E-state index contributed by atoms with van der Waals surface area (Å²) in [5.41, 5.74) is 3.10. The van der Waals surface area contributed by atoms with Crippen LogP contribution in [0, 0.1) is 19.8 Å². The monoisotopic (exact) mass is 293 g/mol. The molecule has 0 amide bonds. The Morgan fingerprint density at radius 2 is 1.95 bits per heavy atom. The van der Waals surface area contributed by atoms with Gasteiger partial charge in [0.05, 0.1) is 6.10 Å². The number of hydrogen-bond donors (Lipinski definition) is 3. The van der Waals surface area contributed by atoms with Gasteiger partial charge in [-0.3, -0.25) is 4.79 Å². The van der Waals surface area contributed by atoms with Crippen LogP contribution in [0.2, 0.25) is 0 Å². The number of aliphatic hydroxyl groups is 1. The van der Waals surface area contributed by atoms with Gasteiger partial charge < -0.3 is 15.5 Å². The molecule has 118 valence electrons. The normalized spacial score (nSPS) is 14.2. The van der Waals surface area contributed by atoms with Gasteiger partial charge in [0.2, 0.25) is 0 Å². The number of aliphatic carboxylic acids is 1. The summed E-state index contributed by atoms with van der Waals surface area (Å²) in [6.45, 7) is 8.46. The van der Waals surface area contributed by atoms with Crippen molar-refractivity contribution in [1.82, 2.24) is 5.32 Å². The average Bonchev–Trinajstić information content (AvgIpc) is 2.39. The second-order valence-corrected chi connectivity index (χ2v) is 6.14. The lowest BCUT2D eigenvalue weighted by molar-refractivity contribution is -0.139. The van der Waals surface area contributed by atoms with Crippen LogP contribution >= 0.6 is 0 Å². The number of aliphatic hydroxyl groups excluding tert-OH is 1. The van der Waals surface area contributed by atoms with E-state index in [1.54, 1.807) is 0 Å². The lowest BCUT2D eigenvalue weighted by Gasteiger charge is -2.19. The Labute approximate surface area is 127 Å². The topological polar surface area (TPSA) is 69.6 Å². The van der Waals surface area contributed by atoms with E-state index >= 15 is 0 Å². The van der Waals surface area contributed by atoms with Gasteiger partial charge in [-0.15, -0.1) is 0 Å². The molecule has 0 radical (unpaired) electrons. The van der Waals surface area contributed by atoms with Crippen LogP contribution in [0.15, 0.2) is 18.2 Å². The molecule has 0 aliphatic rings. The molecule has 0 spiro atoms. The van der Waals surface area contributed by atoms with E-state index in [0.717, 1.165) is 16.7 Å². The van der Waals surface area contributed by atoms with E-state index < -0.39 is 18.1 Å². The zero-order valence-corrected chi connectivity index (χ0v) is 13.4. The van der Waals surface area contributed by atoms with Crippen LogP contribution in [0.3, 0.4) is 0 Å². The van der Waals surface area contributed by atoms with Crippen LogP contribution in [0.1, 0.15) is 49.5 Å². The molecule has 4 nitrogen and oxygen atoms in total. The molecule has 0 saturated carbocycles. The molecule has 3 N–H and O–H groups in total. The standard InChI is InChI=1S/C17H27NO3/c1-11(2)9-15(17(20)21)18-8-7-16(19)14-10-12(3)5-6-13(14)4/h5-6,10-11,15-16,18-19H,7-9H2,1-4H3,(H,20,21). The van der Waals surface area contributed by atoms with Crippen molar-refractivity contribution in [3.05, 3.63) is 34.9 Å². The molecule has 1 aromatic carbocycles. The third-order valence-electron chi connectivity index (χ3n) is 3.61. The van der Waals surface area contributed by atoms with E-state index in [4.69, 9.17) is 5.11 Å². The third kappa shape index (κ3) is 5.86. The number of rotatable bonds is 8. The van der Waals surface area contributed by atoms with Gasteiger partial charge in [-0.1, -0.05) is 37.6 Å². The summed E-state index contributed by atoms with van der Waals surface area (Å²) in [6, 6.07) is 5.46. The van der Waals surface area contributed by atoms with Crippen molar-refractivity contribution in [3.8, 4) is 0 Å². The highest BCUT2D eigenvalue weighted by Gasteiger charge is 2.19. The molecule has 4 heteroatoms. The predicted octanol–water partition coefficient (Wildman–Crippen LogP) is 2.82. The lowest BCUT2D eigenvalue weighted by atomic mass is 9.98. The fraction of sp³-hybridized carbons (Fsp3) is 0.588. The summed E-state index contributed by atoms with van der Waals surface area (Å²) >= 11 is 0. The van der Waals surface area contributed by atoms with Gasteiger partial charge in [-0.2, -0.15) is 0 Å². The minimum atomic E-state index is -0.829. The number of benzene rings is 1. The first-order valence-electron chi connectivity index (χ1n) is 7.52. The number of nitrogens with one attached hydrogen (secondary N) is 1. The molecule has 0 aliphatic carbocycles. The van der Waals surface area contributed by atoms with Gasteiger partial charge in [-0.25, -0.2) is 0 Å². The summed E-state index contributed by atoms with van der Waals surface area (Å²) in [5.74, 6) is -0.507. The minimum absolute atomic E-state index is 0.322. The van der Waals surface area contributed by atoms with Crippen molar-refractivity contribution in [2.75, 3.05) is 6.54 Å². The van der Waals surface area contributed by atoms with E-state index in [1.807, 2.05) is 45.9 Å². The molecular weight excluding hydrogens is 266 g/mol. The number of hydrogen-bond acceptors (Lipinski definition) is 3. The van der Waals surface area contributed by atoms with Crippen molar-refractivity contribution >= 4 is 5.97 Å². The van der Waals surface area contributed by atoms with Crippen LogP contribution < -0.4 is 5.32 Å². The molecule has 0 saturated heterocycles. The Morgan fingerprint density at radius 1 is 1.29 bits per heavy atom. The molecule has 21 heavy (non-hydrogen) atoms. The first-order chi connectivity index (χ1) is 9.81. The van der Waals surface area contributed by atoms with Crippen LogP contribution in [0.5, 0.6) is 0 Å². The number of carboxylic acid groups (broad SMARTS) is 1. The highest BCUT2D eigenvalue weighted by molar-refractivity contribution is 5.73. The lowest BCUT2D eigenvalue weighted by Crippen LogP contribution is -2.38. The minimum Gasteiger partial charge on any atom is -0.480 e. The van der Waals surface area contributed by atoms with Crippen molar-refractivity contribution in [2.24, 2.45) is 5.92 Å². The van der Waals surface area contributed by atoms with E-state index in [9.17, 15) is 9.90 Å². The van der Waals surface area contributed by atoms with Crippen LogP contribution in [0.25, 0.3) is 0 Å². The second-order valence-electron chi connectivity index (χ2n) is 6.14. The van der Waals surface area contributed by atoms with Gasteiger partial charge in [0.25, 0.3) is 0 Å². The largest absolute Gasteiger partial charge is 0.480 e. The quantitative estimate of drug-likeness (QED) is 0.689. The molecular formula is C17H27NO3. The zero-order chi connectivity index (χ0) is 16.0. The van der Waals surface area contributed by atoms with Crippen molar-refractivity contribution in [2.45, 2.75) is 52.7 Å². The molecule has 0 bridgehead atoms. The summed E-state index contributed by atoms with van der Waals surface area (Å²) in [5, 5.41) is 22.5. The molecule has 0 aromatic heterocycles. The second kappa shape index (κ2) is 8.15. The maximum Gasteiger partial charge on any atom is 0.320 e. The zero-order valence-electron chi connectivity index (χ0n) is 13.4. The predicted molar refractivity (Wildman–Crippen MR) is 84.4 cm³/mol. The van der Waals surface area contributed by atoms with Gasteiger partial charge in [0.15, 0.2) is 0 Å². The number of carbonyl (C=O) groups is 1. The third-order valence-corrected chi connectivity index (χ3v) is 3.61. The maximum absolute atomic E-state index is 11.2. The Morgan fingerprint density at radius 3 is 2.52 bits per heavy atom. The molecule has 0 heterocycles.